The van der Waals surface area contributed by atoms with Crippen molar-refractivity contribution in [2.45, 2.75) is 6.42 Å². The van der Waals surface area contributed by atoms with E-state index in [9.17, 15) is 9.90 Å². The molecule has 1 aromatic carbocycles. The molecule has 0 radical (unpaired) electrons. The first-order chi connectivity index (χ1) is 8.66. The van der Waals surface area contributed by atoms with Crippen LogP contribution in [0, 0.1) is 0 Å². The first-order valence-corrected chi connectivity index (χ1v) is 6.13. The van der Waals surface area contributed by atoms with Crippen molar-refractivity contribution >= 4 is 27.7 Å². The van der Waals surface area contributed by atoms with Crippen LogP contribution in [0.3, 0.4) is 0 Å². The number of hydrogen-bond donors (Lipinski definition) is 2. The number of aromatic nitrogens is 1. The number of pyridine rings is 1. The molecule has 0 saturated heterocycles. The highest BCUT2D eigenvalue weighted by Gasteiger charge is 2.09. The number of aromatic hydroxyl groups is 1. The Hall–Kier alpha value is -1.88. The van der Waals surface area contributed by atoms with Gasteiger partial charge in [-0.1, -0.05) is 18.2 Å². The Bertz CT molecular complexity index is 523. The molecule has 0 saturated carbocycles. The largest absolute Gasteiger partial charge is 0.508 e. The zero-order valence-corrected chi connectivity index (χ0v) is 11.0. The van der Waals surface area contributed by atoms with E-state index >= 15 is 0 Å². The van der Waals surface area contributed by atoms with Crippen LogP contribution < -0.4 is 5.32 Å². The Morgan fingerprint density at radius 1 is 1.28 bits per heavy atom. The van der Waals surface area contributed by atoms with Gasteiger partial charge in [-0.05, 0) is 34.1 Å². The molecule has 0 unspecified atom stereocenters. The van der Waals surface area contributed by atoms with Gasteiger partial charge in [0.2, 0.25) is 5.91 Å². The van der Waals surface area contributed by atoms with Crippen molar-refractivity contribution in [3.05, 3.63) is 52.6 Å². The van der Waals surface area contributed by atoms with E-state index in [2.05, 4.69) is 26.2 Å². The van der Waals surface area contributed by atoms with Gasteiger partial charge >= 0.3 is 0 Å². The average Bonchev–Trinajstić information content (AvgIpc) is 2.35. The molecule has 5 heteroatoms. The van der Waals surface area contributed by atoms with Gasteiger partial charge < -0.3 is 10.4 Å². The fourth-order valence-corrected chi connectivity index (χ4v) is 1.84. The molecule has 2 N–H and O–H groups in total. The van der Waals surface area contributed by atoms with Crippen LogP contribution >= 0.6 is 15.9 Å². The van der Waals surface area contributed by atoms with Crippen molar-refractivity contribution in [1.82, 2.24) is 4.98 Å². The number of halogens is 1. The standard InChI is InChI=1S/C13H11BrN2O2/c14-10-5-3-7-15-13(10)16-12(18)8-9-4-1-2-6-11(9)17/h1-7,17H,8H2,(H,15,16,18). The van der Waals surface area contributed by atoms with Crippen LogP contribution in [0.15, 0.2) is 47.1 Å². The van der Waals surface area contributed by atoms with Gasteiger partial charge in [0.15, 0.2) is 0 Å². The van der Waals surface area contributed by atoms with E-state index in [0.717, 1.165) is 4.47 Å². The maximum absolute atomic E-state index is 11.8. The van der Waals surface area contributed by atoms with Gasteiger partial charge in [-0.3, -0.25) is 4.79 Å². The van der Waals surface area contributed by atoms with E-state index in [1.807, 2.05) is 0 Å². The second-order valence-corrected chi connectivity index (χ2v) is 4.54. The van der Waals surface area contributed by atoms with Gasteiger partial charge in [-0.25, -0.2) is 4.98 Å². The molecule has 1 amide bonds. The summed E-state index contributed by atoms with van der Waals surface area (Å²) in [5.41, 5.74) is 0.585. The Balaban J connectivity index is 2.06. The van der Waals surface area contributed by atoms with E-state index in [-0.39, 0.29) is 18.1 Å². The highest BCUT2D eigenvalue weighted by Crippen LogP contribution is 2.20. The van der Waals surface area contributed by atoms with E-state index in [4.69, 9.17) is 0 Å². The first kappa shape index (κ1) is 12.6. The fourth-order valence-electron chi connectivity index (χ4n) is 1.49. The number of hydrogen-bond acceptors (Lipinski definition) is 3. The lowest BCUT2D eigenvalue weighted by Crippen LogP contribution is -2.15. The Morgan fingerprint density at radius 2 is 2.06 bits per heavy atom. The maximum Gasteiger partial charge on any atom is 0.230 e. The third-order valence-electron chi connectivity index (χ3n) is 2.36. The average molecular weight is 307 g/mol. The highest BCUT2D eigenvalue weighted by molar-refractivity contribution is 9.10. The number of carbonyl (C=O) groups excluding carboxylic acids is 1. The van der Waals surface area contributed by atoms with Crippen molar-refractivity contribution in [3.8, 4) is 5.75 Å². The summed E-state index contributed by atoms with van der Waals surface area (Å²) in [5, 5.41) is 12.3. The van der Waals surface area contributed by atoms with Crippen LogP contribution in [0.5, 0.6) is 5.75 Å². The summed E-state index contributed by atoms with van der Waals surface area (Å²) in [6, 6.07) is 10.3. The third-order valence-corrected chi connectivity index (χ3v) is 3.00. The number of anilines is 1. The van der Waals surface area contributed by atoms with Gasteiger partial charge in [-0.2, -0.15) is 0 Å². The molecular formula is C13H11BrN2O2. The summed E-state index contributed by atoms with van der Waals surface area (Å²) in [7, 11) is 0. The molecule has 2 aromatic rings. The summed E-state index contributed by atoms with van der Waals surface area (Å²) >= 11 is 3.30. The molecule has 0 spiro atoms. The van der Waals surface area contributed by atoms with Gasteiger partial charge in [-0.15, -0.1) is 0 Å². The number of carbonyl (C=O) groups is 1. The molecule has 0 aliphatic rings. The van der Waals surface area contributed by atoms with Crippen molar-refractivity contribution in [2.24, 2.45) is 0 Å². The molecule has 0 aliphatic heterocycles. The molecule has 2 rings (SSSR count). The van der Waals surface area contributed by atoms with E-state index in [0.29, 0.717) is 11.4 Å². The fraction of sp³-hybridized carbons (Fsp3) is 0.0769. The molecule has 0 bridgehead atoms. The van der Waals surface area contributed by atoms with E-state index in [1.54, 1.807) is 42.6 Å². The minimum atomic E-state index is -0.226. The van der Waals surface area contributed by atoms with Crippen LogP contribution in [0.4, 0.5) is 5.82 Å². The zero-order valence-electron chi connectivity index (χ0n) is 9.43. The van der Waals surface area contributed by atoms with Crippen LogP contribution in [0.1, 0.15) is 5.56 Å². The number of para-hydroxylation sites is 1. The first-order valence-electron chi connectivity index (χ1n) is 5.34. The van der Waals surface area contributed by atoms with Gasteiger partial charge in [0, 0.05) is 11.8 Å². The third kappa shape index (κ3) is 3.07. The summed E-state index contributed by atoms with van der Waals surface area (Å²) < 4.78 is 0.718. The predicted molar refractivity (Wildman–Crippen MR) is 72.4 cm³/mol. The minimum Gasteiger partial charge on any atom is -0.508 e. The quantitative estimate of drug-likeness (QED) is 0.916. The number of phenolic OH excluding ortho intramolecular Hbond substituents is 1. The maximum atomic E-state index is 11.8. The van der Waals surface area contributed by atoms with E-state index < -0.39 is 0 Å². The molecule has 1 aromatic heterocycles. The number of benzene rings is 1. The lowest BCUT2D eigenvalue weighted by atomic mass is 10.1. The van der Waals surface area contributed by atoms with Crippen LogP contribution in [0.2, 0.25) is 0 Å². The number of rotatable bonds is 3. The molecule has 18 heavy (non-hydrogen) atoms. The Kier molecular flexibility index (Phi) is 3.94. The second-order valence-electron chi connectivity index (χ2n) is 3.69. The lowest BCUT2D eigenvalue weighted by Gasteiger charge is -2.07. The Labute approximate surface area is 113 Å². The van der Waals surface area contributed by atoms with Crippen molar-refractivity contribution in [3.63, 3.8) is 0 Å². The number of nitrogens with zero attached hydrogens (tertiary/aromatic N) is 1. The Morgan fingerprint density at radius 3 is 2.78 bits per heavy atom. The topological polar surface area (TPSA) is 62.2 Å². The van der Waals surface area contributed by atoms with Crippen LogP contribution in [0.25, 0.3) is 0 Å². The number of amides is 1. The van der Waals surface area contributed by atoms with Crippen molar-refractivity contribution in [1.29, 1.82) is 0 Å². The summed E-state index contributed by atoms with van der Waals surface area (Å²) in [6.45, 7) is 0. The smallest absolute Gasteiger partial charge is 0.230 e. The number of nitrogens with one attached hydrogen (secondary N) is 1. The van der Waals surface area contributed by atoms with Gasteiger partial charge in [0.05, 0.1) is 10.9 Å². The molecule has 1 heterocycles. The predicted octanol–water partition coefficient (Wildman–Crippen LogP) is 2.73. The molecular weight excluding hydrogens is 296 g/mol. The summed E-state index contributed by atoms with van der Waals surface area (Å²) in [5.74, 6) is 0.363. The molecule has 92 valence electrons. The van der Waals surface area contributed by atoms with E-state index in [1.165, 1.54) is 0 Å². The number of phenols is 1. The molecule has 0 fully saturated rings. The SMILES string of the molecule is O=C(Cc1ccccc1O)Nc1ncccc1Br. The second kappa shape index (κ2) is 5.64. The molecule has 0 atom stereocenters. The molecule has 4 nitrogen and oxygen atoms in total. The van der Waals surface area contributed by atoms with Crippen LogP contribution in [-0.2, 0) is 11.2 Å². The summed E-state index contributed by atoms with van der Waals surface area (Å²) in [6.07, 6.45) is 1.70. The van der Waals surface area contributed by atoms with Crippen LogP contribution in [-0.4, -0.2) is 16.0 Å². The lowest BCUT2D eigenvalue weighted by molar-refractivity contribution is -0.115. The zero-order chi connectivity index (χ0) is 13.0. The highest BCUT2D eigenvalue weighted by atomic mass is 79.9. The normalized spacial score (nSPS) is 10.1. The van der Waals surface area contributed by atoms with Gasteiger partial charge in [0.25, 0.3) is 0 Å². The van der Waals surface area contributed by atoms with Gasteiger partial charge in [0.1, 0.15) is 11.6 Å². The monoisotopic (exact) mass is 306 g/mol. The van der Waals surface area contributed by atoms with Crippen molar-refractivity contribution < 1.29 is 9.90 Å². The minimum absolute atomic E-state index is 0.107. The molecule has 0 aliphatic carbocycles. The summed E-state index contributed by atoms with van der Waals surface area (Å²) in [4.78, 5) is 15.8. The van der Waals surface area contributed by atoms with Crippen molar-refractivity contribution in [2.75, 3.05) is 5.32 Å².